The smallest absolute Gasteiger partial charge is 0.272 e. The second kappa shape index (κ2) is 6.34. The van der Waals surface area contributed by atoms with Crippen LogP contribution < -0.4 is 4.80 Å². The van der Waals surface area contributed by atoms with Crippen molar-refractivity contribution < 1.29 is 4.79 Å². The monoisotopic (exact) mass is 322 g/mol. The Morgan fingerprint density at radius 1 is 1.13 bits per heavy atom. The number of nitrogens with zero attached hydrogens (tertiary/aromatic N) is 2. The van der Waals surface area contributed by atoms with Crippen LogP contribution in [0.5, 0.6) is 0 Å². The standard InChI is InChI=1S/C19H18N2OS/c1-13-9-11-16-18(14(13)2)21(3)19(23-16)20-17(22)12-10-15-7-5-4-6-8-15/h4-12H,1-3H3/b12-10+,20-19?. The van der Waals surface area contributed by atoms with Gasteiger partial charge in [-0.05, 0) is 42.7 Å². The predicted molar refractivity (Wildman–Crippen MR) is 96.3 cm³/mol. The molecule has 0 aliphatic rings. The van der Waals surface area contributed by atoms with E-state index in [1.54, 1.807) is 6.08 Å². The summed E-state index contributed by atoms with van der Waals surface area (Å²) < 4.78 is 3.14. The van der Waals surface area contributed by atoms with Crippen molar-refractivity contribution in [3.8, 4) is 0 Å². The summed E-state index contributed by atoms with van der Waals surface area (Å²) in [6.07, 6.45) is 3.30. The molecule has 3 rings (SSSR count). The number of carbonyl (C=O) groups excluding carboxylic acids is 1. The molecule has 3 aromatic rings. The minimum atomic E-state index is -0.245. The van der Waals surface area contributed by atoms with Crippen LogP contribution in [-0.2, 0) is 11.8 Å². The first-order valence-corrected chi connectivity index (χ1v) is 8.25. The number of fused-ring (bicyclic) bond motifs is 1. The van der Waals surface area contributed by atoms with Crippen LogP contribution in [0.15, 0.2) is 53.5 Å². The lowest BCUT2D eigenvalue weighted by Crippen LogP contribution is -2.12. The van der Waals surface area contributed by atoms with Gasteiger partial charge in [-0.2, -0.15) is 4.99 Å². The SMILES string of the molecule is Cc1ccc2sc(=NC(=O)/C=C/c3ccccc3)n(C)c2c1C. The van der Waals surface area contributed by atoms with Crippen molar-refractivity contribution >= 4 is 33.5 Å². The topological polar surface area (TPSA) is 34.4 Å². The molecule has 23 heavy (non-hydrogen) atoms. The summed E-state index contributed by atoms with van der Waals surface area (Å²) >= 11 is 1.54. The minimum absolute atomic E-state index is 0.245. The zero-order chi connectivity index (χ0) is 16.4. The molecule has 0 radical (unpaired) electrons. The Labute approximate surface area is 139 Å². The third-order valence-corrected chi connectivity index (χ3v) is 5.01. The Morgan fingerprint density at radius 3 is 2.61 bits per heavy atom. The molecule has 4 heteroatoms. The predicted octanol–water partition coefficient (Wildman–Crippen LogP) is 4.00. The van der Waals surface area contributed by atoms with Crippen molar-refractivity contribution in [2.45, 2.75) is 13.8 Å². The molecule has 0 aliphatic heterocycles. The second-order valence-corrected chi connectivity index (χ2v) is 6.50. The Hall–Kier alpha value is -2.46. The number of thiazole rings is 1. The van der Waals surface area contributed by atoms with Crippen LogP contribution >= 0.6 is 11.3 Å². The van der Waals surface area contributed by atoms with Crippen LogP contribution in [0.4, 0.5) is 0 Å². The zero-order valence-electron chi connectivity index (χ0n) is 13.4. The normalized spacial score (nSPS) is 12.4. The van der Waals surface area contributed by atoms with E-state index in [4.69, 9.17) is 0 Å². The van der Waals surface area contributed by atoms with Gasteiger partial charge < -0.3 is 4.57 Å². The molecule has 2 aromatic carbocycles. The maximum atomic E-state index is 12.1. The molecule has 0 bridgehead atoms. The molecule has 3 nitrogen and oxygen atoms in total. The molecule has 0 aliphatic carbocycles. The number of benzene rings is 2. The maximum Gasteiger partial charge on any atom is 0.272 e. The van der Waals surface area contributed by atoms with E-state index in [1.807, 2.05) is 41.9 Å². The molecular weight excluding hydrogens is 304 g/mol. The van der Waals surface area contributed by atoms with Crippen LogP contribution in [0.1, 0.15) is 16.7 Å². The number of hydrogen-bond acceptors (Lipinski definition) is 2. The Balaban J connectivity index is 1.98. The summed E-state index contributed by atoms with van der Waals surface area (Å²) in [5.74, 6) is -0.245. The first-order chi connectivity index (χ1) is 11.1. The number of aryl methyl sites for hydroxylation is 3. The first kappa shape index (κ1) is 15.4. The van der Waals surface area contributed by atoms with E-state index in [1.165, 1.54) is 28.5 Å². The zero-order valence-corrected chi connectivity index (χ0v) is 14.2. The van der Waals surface area contributed by atoms with Crippen LogP contribution in [0.2, 0.25) is 0 Å². The van der Waals surface area contributed by atoms with Crippen LogP contribution in [0.25, 0.3) is 16.3 Å². The average molecular weight is 322 g/mol. The summed E-state index contributed by atoms with van der Waals surface area (Å²) in [4.78, 5) is 17.1. The van der Waals surface area contributed by atoms with Crippen molar-refractivity contribution in [1.29, 1.82) is 0 Å². The van der Waals surface area contributed by atoms with Gasteiger partial charge in [0.05, 0.1) is 10.2 Å². The van der Waals surface area contributed by atoms with Gasteiger partial charge in [-0.1, -0.05) is 47.7 Å². The summed E-state index contributed by atoms with van der Waals surface area (Å²) in [6.45, 7) is 4.20. The van der Waals surface area contributed by atoms with Crippen molar-refractivity contribution in [3.05, 3.63) is 70.0 Å². The fraction of sp³-hybridized carbons (Fsp3) is 0.158. The molecule has 1 amide bonds. The van der Waals surface area contributed by atoms with Gasteiger partial charge in [-0.15, -0.1) is 0 Å². The summed E-state index contributed by atoms with van der Waals surface area (Å²) in [7, 11) is 1.96. The van der Waals surface area contributed by atoms with Gasteiger partial charge in [0.25, 0.3) is 5.91 Å². The van der Waals surface area contributed by atoms with E-state index >= 15 is 0 Å². The van der Waals surface area contributed by atoms with Crippen LogP contribution in [0, 0.1) is 13.8 Å². The Kier molecular flexibility index (Phi) is 4.26. The van der Waals surface area contributed by atoms with Crippen molar-refractivity contribution in [3.63, 3.8) is 0 Å². The average Bonchev–Trinajstić information content (AvgIpc) is 2.87. The van der Waals surface area contributed by atoms with E-state index in [0.29, 0.717) is 0 Å². The van der Waals surface area contributed by atoms with Gasteiger partial charge in [-0.3, -0.25) is 4.79 Å². The van der Waals surface area contributed by atoms with E-state index in [2.05, 4.69) is 31.0 Å². The van der Waals surface area contributed by atoms with Gasteiger partial charge >= 0.3 is 0 Å². The van der Waals surface area contributed by atoms with E-state index in [0.717, 1.165) is 20.6 Å². The van der Waals surface area contributed by atoms with Gasteiger partial charge in [0.15, 0.2) is 4.80 Å². The number of rotatable bonds is 2. The Morgan fingerprint density at radius 2 is 1.87 bits per heavy atom. The highest BCUT2D eigenvalue weighted by atomic mass is 32.1. The summed E-state index contributed by atoms with van der Waals surface area (Å²) in [5.41, 5.74) is 4.61. The lowest BCUT2D eigenvalue weighted by molar-refractivity contribution is -0.113. The molecule has 0 saturated carbocycles. The van der Waals surface area contributed by atoms with Gasteiger partial charge in [0, 0.05) is 13.1 Å². The third-order valence-electron chi connectivity index (χ3n) is 3.91. The number of aromatic nitrogens is 1. The van der Waals surface area contributed by atoms with Crippen molar-refractivity contribution in [1.82, 2.24) is 4.57 Å². The molecule has 1 heterocycles. The lowest BCUT2D eigenvalue weighted by atomic mass is 10.1. The van der Waals surface area contributed by atoms with Gasteiger partial charge in [0.2, 0.25) is 0 Å². The maximum absolute atomic E-state index is 12.1. The third kappa shape index (κ3) is 3.17. The molecule has 116 valence electrons. The largest absolute Gasteiger partial charge is 0.319 e. The highest BCUT2D eigenvalue weighted by molar-refractivity contribution is 7.16. The fourth-order valence-electron chi connectivity index (χ4n) is 2.50. The fourth-order valence-corrected chi connectivity index (χ4v) is 3.58. The summed E-state index contributed by atoms with van der Waals surface area (Å²) in [6, 6.07) is 13.9. The van der Waals surface area contributed by atoms with E-state index in [-0.39, 0.29) is 5.91 Å². The highest BCUT2D eigenvalue weighted by Gasteiger charge is 2.08. The van der Waals surface area contributed by atoms with Crippen molar-refractivity contribution in [2.75, 3.05) is 0 Å². The highest BCUT2D eigenvalue weighted by Crippen LogP contribution is 2.22. The summed E-state index contributed by atoms with van der Waals surface area (Å²) in [5, 5.41) is 0. The molecular formula is C19H18N2OS. The number of carbonyl (C=O) groups is 1. The molecule has 0 saturated heterocycles. The molecule has 0 fully saturated rings. The lowest BCUT2D eigenvalue weighted by Gasteiger charge is -2.03. The molecule has 0 unspecified atom stereocenters. The van der Waals surface area contributed by atoms with Crippen LogP contribution in [-0.4, -0.2) is 10.5 Å². The van der Waals surface area contributed by atoms with E-state index in [9.17, 15) is 4.79 Å². The van der Waals surface area contributed by atoms with Gasteiger partial charge in [0.1, 0.15) is 0 Å². The van der Waals surface area contributed by atoms with Crippen LogP contribution in [0.3, 0.4) is 0 Å². The Bertz CT molecular complexity index is 962. The van der Waals surface area contributed by atoms with Gasteiger partial charge in [-0.25, -0.2) is 0 Å². The number of hydrogen-bond donors (Lipinski definition) is 0. The minimum Gasteiger partial charge on any atom is -0.319 e. The van der Waals surface area contributed by atoms with E-state index < -0.39 is 0 Å². The quantitative estimate of drug-likeness (QED) is 0.657. The molecule has 1 aromatic heterocycles. The molecule has 0 N–H and O–H groups in total. The first-order valence-electron chi connectivity index (χ1n) is 7.44. The molecule has 0 atom stereocenters. The van der Waals surface area contributed by atoms with Crippen molar-refractivity contribution in [2.24, 2.45) is 12.0 Å². The number of amides is 1. The second-order valence-electron chi connectivity index (χ2n) is 5.49. The molecule has 0 spiro atoms.